The van der Waals surface area contributed by atoms with Gasteiger partial charge in [-0.2, -0.15) is 0 Å². The number of rotatable bonds is 7. The summed E-state index contributed by atoms with van der Waals surface area (Å²) in [6, 6.07) is 14.2. The standard InChI is InChI=1S/C23H22FN3O2.2ClH/c1-27-22-7-6-21(11-18(22)12-23(27)28)29-9-8-25-13-16-10-19(15-26-14-16)17-2-4-20(24)5-3-17;;/h2-7,10-11,14-15,25H,8-9,12-13H2,1H3;2*1H. The van der Waals surface area contributed by atoms with Crippen molar-refractivity contribution in [3.8, 4) is 16.9 Å². The molecule has 164 valence electrons. The van der Waals surface area contributed by atoms with Crippen LogP contribution in [0.3, 0.4) is 0 Å². The molecule has 0 spiro atoms. The number of hydrogen-bond acceptors (Lipinski definition) is 4. The lowest BCUT2D eigenvalue weighted by molar-refractivity contribution is -0.117. The van der Waals surface area contributed by atoms with E-state index in [2.05, 4.69) is 10.3 Å². The van der Waals surface area contributed by atoms with Crippen LogP contribution in [-0.4, -0.2) is 31.1 Å². The summed E-state index contributed by atoms with van der Waals surface area (Å²) < 4.78 is 18.9. The van der Waals surface area contributed by atoms with Gasteiger partial charge in [-0.15, -0.1) is 24.8 Å². The quantitative estimate of drug-likeness (QED) is 0.526. The first-order valence-electron chi connectivity index (χ1n) is 9.53. The van der Waals surface area contributed by atoms with E-state index >= 15 is 0 Å². The normalized spacial score (nSPS) is 12.1. The van der Waals surface area contributed by atoms with Crippen molar-refractivity contribution in [2.45, 2.75) is 13.0 Å². The minimum absolute atomic E-state index is 0. The van der Waals surface area contributed by atoms with Gasteiger partial charge in [0.2, 0.25) is 5.91 Å². The van der Waals surface area contributed by atoms with Crippen LogP contribution in [0.4, 0.5) is 10.1 Å². The third-order valence-electron chi connectivity index (χ3n) is 4.98. The summed E-state index contributed by atoms with van der Waals surface area (Å²) in [7, 11) is 1.79. The van der Waals surface area contributed by atoms with Crippen LogP contribution in [0, 0.1) is 5.82 Å². The molecule has 2 heterocycles. The molecule has 1 aliphatic rings. The average molecular weight is 464 g/mol. The van der Waals surface area contributed by atoms with Gasteiger partial charge in [0, 0.05) is 43.8 Å². The number of nitrogens with zero attached hydrogens (tertiary/aromatic N) is 2. The first-order chi connectivity index (χ1) is 14.1. The van der Waals surface area contributed by atoms with E-state index in [0.29, 0.717) is 26.1 Å². The fraction of sp³-hybridized carbons (Fsp3) is 0.217. The highest BCUT2D eigenvalue weighted by molar-refractivity contribution is 6.01. The lowest BCUT2D eigenvalue weighted by atomic mass is 10.1. The van der Waals surface area contributed by atoms with Gasteiger partial charge in [0.15, 0.2) is 0 Å². The molecular formula is C23H24Cl2FN3O2. The van der Waals surface area contributed by atoms with Gasteiger partial charge in [-0.05, 0) is 53.1 Å². The maximum atomic E-state index is 13.1. The summed E-state index contributed by atoms with van der Waals surface area (Å²) in [5.74, 6) is 0.630. The number of likely N-dealkylation sites (N-methyl/N-ethyl adjacent to an activating group) is 1. The van der Waals surface area contributed by atoms with Crippen LogP contribution in [0.25, 0.3) is 11.1 Å². The lowest BCUT2D eigenvalue weighted by Gasteiger charge is -2.12. The maximum absolute atomic E-state index is 13.1. The Labute approximate surface area is 193 Å². The first kappa shape index (κ1) is 24.6. The largest absolute Gasteiger partial charge is 0.492 e. The highest BCUT2D eigenvalue weighted by atomic mass is 35.5. The Bertz CT molecular complexity index is 1030. The second-order valence-corrected chi connectivity index (χ2v) is 7.03. The van der Waals surface area contributed by atoms with E-state index in [1.54, 1.807) is 30.3 Å². The molecule has 1 N–H and O–H groups in total. The Morgan fingerprint density at radius 1 is 1.06 bits per heavy atom. The Balaban J connectivity index is 0.00000171. The predicted octanol–water partition coefficient (Wildman–Crippen LogP) is 4.42. The van der Waals surface area contributed by atoms with Gasteiger partial charge >= 0.3 is 0 Å². The number of pyridine rings is 1. The second kappa shape index (κ2) is 11.1. The summed E-state index contributed by atoms with van der Waals surface area (Å²) in [6.07, 6.45) is 4.02. The number of anilines is 1. The van der Waals surface area contributed by atoms with Gasteiger partial charge in [-0.25, -0.2) is 4.39 Å². The molecule has 5 nitrogen and oxygen atoms in total. The molecule has 3 aromatic rings. The van der Waals surface area contributed by atoms with Crippen LogP contribution in [-0.2, 0) is 17.8 Å². The van der Waals surface area contributed by atoms with E-state index in [9.17, 15) is 9.18 Å². The van der Waals surface area contributed by atoms with Crippen molar-refractivity contribution in [3.63, 3.8) is 0 Å². The van der Waals surface area contributed by atoms with E-state index in [1.807, 2.05) is 30.5 Å². The third kappa shape index (κ3) is 5.94. The summed E-state index contributed by atoms with van der Waals surface area (Å²) in [5, 5.41) is 3.34. The van der Waals surface area contributed by atoms with Crippen molar-refractivity contribution in [1.29, 1.82) is 0 Å². The van der Waals surface area contributed by atoms with Crippen molar-refractivity contribution < 1.29 is 13.9 Å². The molecule has 0 saturated heterocycles. The minimum Gasteiger partial charge on any atom is -0.492 e. The lowest BCUT2D eigenvalue weighted by Crippen LogP contribution is -2.20. The number of aromatic nitrogens is 1. The zero-order valence-electron chi connectivity index (χ0n) is 17.0. The number of fused-ring (bicyclic) bond motifs is 1. The number of carbonyl (C=O) groups excluding carboxylic acids is 1. The highest BCUT2D eigenvalue weighted by Crippen LogP contribution is 2.30. The number of nitrogens with one attached hydrogen (secondary N) is 1. The van der Waals surface area contributed by atoms with Gasteiger partial charge in [-0.1, -0.05) is 12.1 Å². The van der Waals surface area contributed by atoms with E-state index in [0.717, 1.165) is 33.7 Å². The fourth-order valence-electron chi connectivity index (χ4n) is 3.39. The van der Waals surface area contributed by atoms with E-state index in [-0.39, 0.29) is 36.5 Å². The summed E-state index contributed by atoms with van der Waals surface area (Å²) in [5.41, 5.74) is 4.90. The average Bonchev–Trinajstić information content (AvgIpc) is 3.02. The molecule has 0 saturated carbocycles. The van der Waals surface area contributed by atoms with Crippen molar-refractivity contribution in [2.75, 3.05) is 25.1 Å². The number of ether oxygens (including phenoxy) is 1. The van der Waals surface area contributed by atoms with Gasteiger partial charge in [0.1, 0.15) is 18.2 Å². The molecule has 0 fully saturated rings. The maximum Gasteiger partial charge on any atom is 0.231 e. The predicted molar refractivity (Wildman–Crippen MR) is 125 cm³/mol. The molecule has 0 bridgehead atoms. The molecule has 0 aliphatic carbocycles. The highest BCUT2D eigenvalue weighted by Gasteiger charge is 2.23. The van der Waals surface area contributed by atoms with Crippen molar-refractivity contribution >= 4 is 36.4 Å². The molecule has 0 radical (unpaired) electrons. The number of carbonyl (C=O) groups is 1. The topological polar surface area (TPSA) is 54.5 Å². The number of hydrogen-bond donors (Lipinski definition) is 1. The molecule has 1 aliphatic heterocycles. The Kier molecular flexibility index (Phi) is 8.80. The Hall–Kier alpha value is -2.67. The van der Waals surface area contributed by atoms with Gasteiger partial charge in [0.05, 0.1) is 6.42 Å². The molecule has 0 unspecified atom stereocenters. The second-order valence-electron chi connectivity index (χ2n) is 7.03. The zero-order valence-corrected chi connectivity index (χ0v) is 18.6. The van der Waals surface area contributed by atoms with Crippen LogP contribution in [0.5, 0.6) is 5.75 Å². The summed E-state index contributed by atoms with van der Waals surface area (Å²) in [4.78, 5) is 17.7. The Morgan fingerprint density at radius 2 is 1.84 bits per heavy atom. The molecule has 0 atom stereocenters. The van der Waals surface area contributed by atoms with Crippen LogP contribution >= 0.6 is 24.8 Å². The SMILES string of the molecule is CN1C(=O)Cc2cc(OCCNCc3cncc(-c4ccc(F)cc4)c3)ccc21.Cl.Cl. The molecule has 1 aromatic heterocycles. The van der Waals surface area contributed by atoms with Gasteiger partial charge < -0.3 is 15.0 Å². The molecule has 4 rings (SSSR count). The van der Waals surface area contributed by atoms with E-state index in [1.165, 1.54) is 12.1 Å². The van der Waals surface area contributed by atoms with Crippen LogP contribution < -0.4 is 15.0 Å². The number of benzene rings is 2. The minimum atomic E-state index is -0.249. The smallest absolute Gasteiger partial charge is 0.231 e. The zero-order chi connectivity index (χ0) is 20.2. The van der Waals surface area contributed by atoms with Crippen LogP contribution in [0.2, 0.25) is 0 Å². The molecule has 8 heteroatoms. The van der Waals surface area contributed by atoms with Gasteiger partial charge in [0.25, 0.3) is 0 Å². The van der Waals surface area contributed by atoms with E-state index in [4.69, 9.17) is 4.74 Å². The third-order valence-corrected chi connectivity index (χ3v) is 4.98. The monoisotopic (exact) mass is 463 g/mol. The molecule has 31 heavy (non-hydrogen) atoms. The summed E-state index contributed by atoms with van der Waals surface area (Å²) in [6.45, 7) is 1.86. The van der Waals surface area contributed by atoms with Crippen molar-refractivity contribution in [1.82, 2.24) is 10.3 Å². The number of halogens is 3. The Morgan fingerprint density at radius 3 is 2.61 bits per heavy atom. The van der Waals surface area contributed by atoms with Crippen LogP contribution in [0.1, 0.15) is 11.1 Å². The van der Waals surface area contributed by atoms with E-state index < -0.39 is 0 Å². The summed E-state index contributed by atoms with van der Waals surface area (Å²) >= 11 is 0. The first-order valence-corrected chi connectivity index (χ1v) is 9.53. The molecular weight excluding hydrogens is 440 g/mol. The van der Waals surface area contributed by atoms with Crippen LogP contribution in [0.15, 0.2) is 60.9 Å². The van der Waals surface area contributed by atoms with Gasteiger partial charge in [-0.3, -0.25) is 9.78 Å². The molecule has 1 amide bonds. The number of amides is 1. The van der Waals surface area contributed by atoms with Crippen molar-refractivity contribution in [3.05, 3.63) is 77.9 Å². The molecule has 2 aromatic carbocycles. The van der Waals surface area contributed by atoms with Crippen molar-refractivity contribution in [2.24, 2.45) is 0 Å². The fourth-order valence-corrected chi connectivity index (χ4v) is 3.39.